The average molecular weight is 398 g/mol. The van der Waals surface area contributed by atoms with Crippen molar-refractivity contribution < 1.29 is 39.2 Å². The van der Waals surface area contributed by atoms with E-state index in [1.54, 1.807) is 0 Å². The van der Waals surface area contributed by atoms with E-state index in [2.05, 4.69) is 5.32 Å². The third-order valence-corrected chi connectivity index (χ3v) is 4.07. The second-order valence-corrected chi connectivity index (χ2v) is 6.06. The van der Waals surface area contributed by atoms with Gasteiger partial charge in [0.1, 0.15) is 24.4 Å². The minimum absolute atomic E-state index is 0.168. The quantitative estimate of drug-likeness (QED) is 0.343. The summed E-state index contributed by atoms with van der Waals surface area (Å²) in [5.74, 6) is -0.0960. The zero-order chi connectivity index (χ0) is 20.8. The maximum atomic E-state index is 11.5. The topological polar surface area (TPSA) is 161 Å². The first kappa shape index (κ1) is 21.6. The number of hydrogen-bond donors (Lipinski definition) is 4. The Morgan fingerprint density at radius 2 is 2.07 bits per heavy atom. The molecule has 0 aromatic heterocycles. The van der Waals surface area contributed by atoms with Crippen molar-refractivity contribution in [1.29, 1.82) is 0 Å². The summed E-state index contributed by atoms with van der Waals surface area (Å²) in [4.78, 5) is 21.3. The first-order chi connectivity index (χ1) is 13.3. The summed E-state index contributed by atoms with van der Waals surface area (Å²) in [7, 11) is 1.37. The van der Waals surface area contributed by atoms with Crippen LogP contribution in [0.25, 0.3) is 6.08 Å². The Morgan fingerprint density at radius 1 is 1.36 bits per heavy atom. The highest BCUT2D eigenvalue weighted by Gasteiger charge is 2.46. The molecule has 28 heavy (non-hydrogen) atoms. The summed E-state index contributed by atoms with van der Waals surface area (Å²) in [6.45, 7) is 0.651. The molecule has 2 rings (SSSR count). The number of carbonyl (C=O) groups is 1. The summed E-state index contributed by atoms with van der Waals surface area (Å²) in [5.41, 5.74) is 0.479. The van der Waals surface area contributed by atoms with Gasteiger partial charge in [-0.3, -0.25) is 14.9 Å². The second-order valence-electron chi connectivity index (χ2n) is 6.06. The summed E-state index contributed by atoms with van der Waals surface area (Å²) in [6, 6.07) is 3.37. The van der Waals surface area contributed by atoms with Crippen LogP contribution >= 0.6 is 0 Å². The van der Waals surface area contributed by atoms with Gasteiger partial charge in [0.05, 0.1) is 18.6 Å². The van der Waals surface area contributed by atoms with Gasteiger partial charge in [-0.15, -0.1) is 0 Å². The number of nitrogens with one attached hydrogen (secondary N) is 1. The van der Waals surface area contributed by atoms with Crippen molar-refractivity contribution in [2.24, 2.45) is 0 Å². The Kier molecular flexibility index (Phi) is 7.29. The first-order valence-corrected chi connectivity index (χ1v) is 8.32. The molecule has 0 spiro atoms. The van der Waals surface area contributed by atoms with E-state index in [-0.39, 0.29) is 11.5 Å². The monoisotopic (exact) mass is 398 g/mol. The number of nitro groups is 1. The van der Waals surface area contributed by atoms with Crippen LogP contribution in [0, 0.1) is 10.1 Å². The molecule has 1 aliphatic heterocycles. The molecule has 0 unspecified atom stereocenters. The standard InChI is InChI=1S/C17H22N2O9/c1-9(21)18-14-16(23)15(22)13(8-20)28-17(14)27-11-4-3-10(5-6-19(24)25)7-12(11)26-2/h3-7,13-17,20,22-23H,8H2,1-2H3,(H,18,21)/t13-,14+,15-,16-,17+/m1/s1. The number of carbonyl (C=O) groups excluding carboxylic acids is 1. The van der Waals surface area contributed by atoms with Crippen molar-refractivity contribution in [3.63, 3.8) is 0 Å². The molecule has 1 saturated heterocycles. The molecule has 1 heterocycles. The molecule has 0 bridgehead atoms. The largest absolute Gasteiger partial charge is 0.493 e. The number of rotatable bonds is 7. The SMILES string of the molecule is COc1cc(C=C[N+](=O)[O-])ccc1O[C@H]1O[C@H](CO)[C@@H](O)[C@H](O)[C@@H]1NC(C)=O. The number of benzene rings is 1. The number of aliphatic hydroxyl groups is 3. The summed E-state index contributed by atoms with van der Waals surface area (Å²) in [6.07, 6.45) is -3.21. The van der Waals surface area contributed by atoms with Crippen LogP contribution in [0.4, 0.5) is 0 Å². The summed E-state index contributed by atoms with van der Waals surface area (Å²) >= 11 is 0. The van der Waals surface area contributed by atoms with E-state index in [1.165, 1.54) is 38.3 Å². The molecule has 11 nitrogen and oxygen atoms in total. The number of hydrogen-bond acceptors (Lipinski definition) is 9. The molecule has 4 N–H and O–H groups in total. The van der Waals surface area contributed by atoms with Crippen molar-refractivity contribution in [1.82, 2.24) is 5.32 Å². The molecule has 11 heteroatoms. The third-order valence-electron chi connectivity index (χ3n) is 4.07. The van der Waals surface area contributed by atoms with Gasteiger partial charge in [-0.05, 0) is 17.7 Å². The van der Waals surface area contributed by atoms with Crippen LogP contribution in [0.5, 0.6) is 11.5 Å². The van der Waals surface area contributed by atoms with Gasteiger partial charge in [0.25, 0.3) is 0 Å². The van der Waals surface area contributed by atoms with Crippen LogP contribution in [0.2, 0.25) is 0 Å². The summed E-state index contributed by atoms with van der Waals surface area (Å²) in [5, 5.41) is 42.5. The first-order valence-electron chi connectivity index (χ1n) is 8.32. The zero-order valence-electron chi connectivity index (χ0n) is 15.2. The van der Waals surface area contributed by atoms with Crippen molar-refractivity contribution in [2.45, 2.75) is 37.6 Å². The molecule has 0 aliphatic carbocycles. The lowest BCUT2D eigenvalue weighted by Gasteiger charge is -2.42. The Labute approximate surface area is 160 Å². The van der Waals surface area contributed by atoms with Crippen molar-refractivity contribution in [2.75, 3.05) is 13.7 Å². The van der Waals surface area contributed by atoms with Crippen LogP contribution in [-0.4, -0.2) is 70.5 Å². The molecule has 1 fully saturated rings. The molecule has 0 radical (unpaired) electrons. The van der Waals surface area contributed by atoms with Gasteiger partial charge in [-0.1, -0.05) is 6.07 Å². The lowest BCUT2D eigenvalue weighted by molar-refractivity contribution is -0.400. The Morgan fingerprint density at radius 3 is 2.64 bits per heavy atom. The fourth-order valence-electron chi connectivity index (χ4n) is 2.73. The van der Waals surface area contributed by atoms with E-state index in [0.717, 1.165) is 6.20 Å². The predicted octanol–water partition coefficient (Wildman–Crippen LogP) is -0.735. The maximum Gasteiger partial charge on any atom is 0.235 e. The number of methoxy groups -OCH3 is 1. The predicted molar refractivity (Wildman–Crippen MR) is 95.0 cm³/mol. The number of amides is 1. The van der Waals surface area contributed by atoms with Gasteiger partial charge in [0.2, 0.25) is 18.4 Å². The van der Waals surface area contributed by atoms with Gasteiger partial charge >= 0.3 is 0 Å². The van der Waals surface area contributed by atoms with Crippen LogP contribution in [0.3, 0.4) is 0 Å². The molecule has 0 saturated carbocycles. The minimum atomic E-state index is -1.45. The lowest BCUT2D eigenvalue weighted by Crippen LogP contribution is -2.65. The Bertz CT molecular complexity index is 739. The van der Waals surface area contributed by atoms with Crippen molar-refractivity contribution in [3.05, 3.63) is 40.1 Å². The molecule has 154 valence electrons. The average Bonchev–Trinajstić information content (AvgIpc) is 2.66. The zero-order valence-corrected chi connectivity index (χ0v) is 15.2. The van der Waals surface area contributed by atoms with Crippen LogP contribution in [-0.2, 0) is 9.53 Å². The minimum Gasteiger partial charge on any atom is -0.493 e. The number of aliphatic hydroxyl groups excluding tert-OH is 3. The number of ether oxygens (including phenoxy) is 3. The highest BCUT2D eigenvalue weighted by molar-refractivity contribution is 5.73. The second kappa shape index (κ2) is 9.46. The van der Waals surface area contributed by atoms with E-state index in [1.807, 2.05) is 0 Å². The van der Waals surface area contributed by atoms with Gasteiger partial charge in [0.15, 0.2) is 11.5 Å². The van der Waals surface area contributed by atoms with Gasteiger partial charge in [0, 0.05) is 13.0 Å². The molecule has 1 aromatic rings. The van der Waals surface area contributed by atoms with E-state index >= 15 is 0 Å². The van der Waals surface area contributed by atoms with Gasteiger partial charge in [-0.25, -0.2) is 0 Å². The molecular formula is C17H22N2O9. The van der Waals surface area contributed by atoms with E-state index in [9.17, 15) is 30.2 Å². The van der Waals surface area contributed by atoms with E-state index in [4.69, 9.17) is 14.2 Å². The molecular weight excluding hydrogens is 376 g/mol. The maximum absolute atomic E-state index is 11.5. The van der Waals surface area contributed by atoms with E-state index in [0.29, 0.717) is 5.56 Å². The Hall–Kier alpha value is -2.73. The van der Waals surface area contributed by atoms with Gasteiger partial charge in [-0.2, -0.15) is 0 Å². The van der Waals surface area contributed by atoms with Crippen LogP contribution in [0.1, 0.15) is 12.5 Å². The normalized spacial score (nSPS) is 27.4. The number of nitrogens with zero attached hydrogens (tertiary/aromatic N) is 1. The van der Waals surface area contributed by atoms with Crippen LogP contribution < -0.4 is 14.8 Å². The lowest BCUT2D eigenvalue weighted by atomic mass is 9.97. The van der Waals surface area contributed by atoms with E-state index < -0.39 is 48.1 Å². The molecule has 5 atom stereocenters. The molecule has 1 amide bonds. The highest BCUT2D eigenvalue weighted by atomic mass is 16.7. The fraction of sp³-hybridized carbons (Fsp3) is 0.471. The summed E-state index contributed by atoms with van der Waals surface area (Å²) < 4.78 is 16.4. The smallest absolute Gasteiger partial charge is 0.235 e. The van der Waals surface area contributed by atoms with Crippen LogP contribution in [0.15, 0.2) is 24.4 Å². The molecule has 1 aliphatic rings. The fourth-order valence-corrected chi connectivity index (χ4v) is 2.73. The van der Waals surface area contributed by atoms with Gasteiger partial charge < -0.3 is 34.8 Å². The highest BCUT2D eigenvalue weighted by Crippen LogP contribution is 2.32. The molecule has 1 aromatic carbocycles. The Balaban J connectivity index is 2.28. The van der Waals surface area contributed by atoms with Crippen molar-refractivity contribution >= 4 is 12.0 Å². The van der Waals surface area contributed by atoms with Crippen molar-refractivity contribution in [3.8, 4) is 11.5 Å². The third kappa shape index (κ3) is 5.16.